The molecule has 1 atom stereocenters. The molecule has 0 aliphatic heterocycles. The Labute approximate surface area is 76.5 Å². The maximum atomic E-state index is 11.3. The second kappa shape index (κ2) is 2.87. The highest BCUT2D eigenvalue weighted by Gasteiger charge is 2.31. The van der Waals surface area contributed by atoms with Gasteiger partial charge in [0.05, 0.1) is 18.7 Å². The topological polar surface area (TPSA) is 44.1 Å². The fraction of sp³-hybridized carbons (Fsp3) is 0.556. The third-order valence-corrected chi connectivity index (χ3v) is 2.47. The highest BCUT2D eigenvalue weighted by molar-refractivity contribution is 5.79. The lowest BCUT2D eigenvalue weighted by Crippen LogP contribution is -2.11. The van der Waals surface area contributed by atoms with Crippen LogP contribution in [-0.4, -0.2) is 22.9 Å². The molecular weight excluding hydrogens is 168 g/mol. The summed E-state index contributed by atoms with van der Waals surface area (Å²) in [7, 11) is 3.29. The van der Waals surface area contributed by atoms with E-state index in [1.165, 1.54) is 7.11 Å². The fourth-order valence-electron chi connectivity index (χ4n) is 1.86. The minimum absolute atomic E-state index is 0.0892. The first-order valence-corrected chi connectivity index (χ1v) is 4.32. The molecule has 1 aliphatic rings. The molecule has 0 spiro atoms. The molecule has 0 amide bonds. The average molecular weight is 180 g/mol. The van der Waals surface area contributed by atoms with E-state index < -0.39 is 0 Å². The summed E-state index contributed by atoms with van der Waals surface area (Å²) in [6.07, 6.45) is 3.63. The van der Waals surface area contributed by atoms with Crippen LogP contribution in [0, 0.1) is 0 Å². The molecule has 0 unspecified atom stereocenters. The van der Waals surface area contributed by atoms with Gasteiger partial charge < -0.3 is 4.74 Å². The molecular formula is C9H12N2O2. The Kier molecular flexibility index (Phi) is 1.83. The standard InChI is InChI=1S/C9H12N2O2/c1-11-5-7-6(9(12)13-2)3-4-8(7)10-11/h5-6H,3-4H2,1-2H3/t6-/m1/s1. The Balaban J connectivity index is 2.32. The third kappa shape index (κ3) is 1.22. The van der Waals surface area contributed by atoms with Crippen LogP contribution in [0.4, 0.5) is 0 Å². The summed E-state index contributed by atoms with van der Waals surface area (Å²) >= 11 is 0. The normalized spacial score (nSPS) is 20.0. The summed E-state index contributed by atoms with van der Waals surface area (Å²) in [4.78, 5) is 11.3. The van der Waals surface area contributed by atoms with Crippen LogP contribution < -0.4 is 0 Å². The number of fused-ring (bicyclic) bond motifs is 1. The second-order valence-electron chi connectivity index (χ2n) is 3.32. The van der Waals surface area contributed by atoms with E-state index >= 15 is 0 Å². The molecule has 1 aromatic heterocycles. The van der Waals surface area contributed by atoms with E-state index in [2.05, 4.69) is 5.10 Å². The van der Waals surface area contributed by atoms with Crippen molar-refractivity contribution in [2.75, 3.05) is 7.11 Å². The van der Waals surface area contributed by atoms with Gasteiger partial charge in [0, 0.05) is 18.8 Å². The van der Waals surface area contributed by atoms with E-state index in [0.29, 0.717) is 0 Å². The van der Waals surface area contributed by atoms with Gasteiger partial charge in [0.15, 0.2) is 0 Å². The quantitative estimate of drug-likeness (QED) is 0.595. The van der Waals surface area contributed by atoms with Gasteiger partial charge in [0.25, 0.3) is 0 Å². The van der Waals surface area contributed by atoms with Gasteiger partial charge in [-0.15, -0.1) is 0 Å². The maximum Gasteiger partial charge on any atom is 0.313 e. The number of carbonyl (C=O) groups excluding carboxylic acids is 1. The maximum absolute atomic E-state index is 11.3. The van der Waals surface area contributed by atoms with Crippen molar-refractivity contribution in [1.82, 2.24) is 9.78 Å². The first-order valence-electron chi connectivity index (χ1n) is 4.32. The molecule has 0 aromatic carbocycles. The van der Waals surface area contributed by atoms with E-state index in [4.69, 9.17) is 4.74 Å². The van der Waals surface area contributed by atoms with Gasteiger partial charge in [-0.05, 0) is 12.8 Å². The lowest BCUT2D eigenvalue weighted by atomic mass is 10.1. The Morgan fingerprint density at radius 1 is 1.77 bits per heavy atom. The number of ether oxygens (including phenoxy) is 1. The molecule has 4 heteroatoms. The van der Waals surface area contributed by atoms with Gasteiger partial charge in [-0.25, -0.2) is 0 Å². The van der Waals surface area contributed by atoms with E-state index in [0.717, 1.165) is 24.1 Å². The van der Waals surface area contributed by atoms with Gasteiger partial charge in [-0.3, -0.25) is 9.48 Å². The molecule has 4 nitrogen and oxygen atoms in total. The van der Waals surface area contributed by atoms with E-state index in [9.17, 15) is 4.79 Å². The number of methoxy groups -OCH3 is 1. The van der Waals surface area contributed by atoms with Crippen molar-refractivity contribution in [3.05, 3.63) is 17.5 Å². The summed E-state index contributed by atoms with van der Waals surface area (Å²) in [6.45, 7) is 0. The number of aryl methyl sites for hydroxylation is 2. The SMILES string of the molecule is COC(=O)[C@@H]1CCc2nn(C)cc21. The van der Waals surface area contributed by atoms with Crippen LogP contribution in [0.1, 0.15) is 23.6 Å². The summed E-state index contributed by atoms with van der Waals surface area (Å²) in [6, 6.07) is 0. The van der Waals surface area contributed by atoms with Crippen molar-refractivity contribution in [2.24, 2.45) is 7.05 Å². The van der Waals surface area contributed by atoms with Gasteiger partial charge in [0.2, 0.25) is 0 Å². The highest BCUT2D eigenvalue weighted by atomic mass is 16.5. The zero-order valence-corrected chi connectivity index (χ0v) is 7.78. The number of aromatic nitrogens is 2. The monoisotopic (exact) mass is 180 g/mol. The molecule has 0 saturated carbocycles. The number of hydrogen-bond donors (Lipinski definition) is 0. The smallest absolute Gasteiger partial charge is 0.313 e. The Hall–Kier alpha value is -1.32. The first-order chi connectivity index (χ1) is 6.22. The molecule has 70 valence electrons. The van der Waals surface area contributed by atoms with E-state index in [-0.39, 0.29) is 11.9 Å². The number of carbonyl (C=O) groups is 1. The molecule has 0 bridgehead atoms. The Bertz CT molecular complexity index is 343. The van der Waals surface area contributed by atoms with Crippen molar-refractivity contribution >= 4 is 5.97 Å². The summed E-state index contributed by atoms with van der Waals surface area (Å²) < 4.78 is 6.47. The van der Waals surface area contributed by atoms with Crippen LogP contribution in [0.2, 0.25) is 0 Å². The van der Waals surface area contributed by atoms with Crippen molar-refractivity contribution in [2.45, 2.75) is 18.8 Å². The predicted molar refractivity (Wildman–Crippen MR) is 46.3 cm³/mol. The van der Waals surface area contributed by atoms with Crippen LogP contribution in [0.15, 0.2) is 6.20 Å². The summed E-state index contributed by atoms with van der Waals surface area (Å²) in [5, 5.41) is 4.27. The minimum atomic E-state index is -0.147. The van der Waals surface area contributed by atoms with Crippen molar-refractivity contribution in [3.63, 3.8) is 0 Å². The molecule has 0 fully saturated rings. The van der Waals surface area contributed by atoms with Crippen LogP contribution in [0.25, 0.3) is 0 Å². The lowest BCUT2D eigenvalue weighted by Gasteiger charge is -2.05. The molecule has 1 aliphatic carbocycles. The van der Waals surface area contributed by atoms with Gasteiger partial charge in [-0.2, -0.15) is 5.10 Å². The molecule has 1 heterocycles. The van der Waals surface area contributed by atoms with Crippen LogP contribution >= 0.6 is 0 Å². The number of nitrogens with zero attached hydrogens (tertiary/aromatic N) is 2. The van der Waals surface area contributed by atoms with Gasteiger partial charge >= 0.3 is 5.97 Å². The Morgan fingerprint density at radius 2 is 2.54 bits per heavy atom. The summed E-state index contributed by atoms with van der Waals surface area (Å²) in [5.74, 6) is -0.236. The minimum Gasteiger partial charge on any atom is -0.469 e. The van der Waals surface area contributed by atoms with Crippen molar-refractivity contribution < 1.29 is 9.53 Å². The van der Waals surface area contributed by atoms with E-state index in [1.807, 2.05) is 13.2 Å². The molecule has 2 rings (SSSR count). The lowest BCUT2D eigenvalue weighted by molar-refractivity contribution is -0.142. The molecule has 1 aromatic rings. The van der Waals surface area contributed by atoms with Crippen LogP contribution in [0.5, 0.6) is 0 Å². The second-order valence-corrected chi connectivity index (χ2v) is 3.32. The largest absolute Gasteiger partial charge is 0.469 e. The fourth-order valence-corrected chi connectivity index (χ4v) is 1.86. The van der Waals surface area contributed by atoms with Gasteiger partial charge in [0.1, 0.15) is 0 Å². The zero-order chi connectivity index (χ0) is 9.42. The molecule has 13 heavy (non-hydrogen) atoms. The van der Waals surface area contributed by atoms with E-state index in [1.54, 1.807) is 4.68 Å². The number of esters is 1. The van der Waals surface area contributed by atoms with Crippen molar-refractivity contribution in [1.29, 1.82) is 0 Å². The van der Waals surface area contributed by atoms with Crippen LogP contribution in [-0.2, 0) is 23.0 Å². The molecule has 0 saturated heterocycles. The predicted octanol–water partition coefficient (Wildman–Crippen LogP) is 0.623. The average Bonchev–Trinajstić information content (AvgIpc) is 2.61. The Morgan fingerprint density at radius 3 is 3.23 bits per heavy atom. The molecule has 0 radical (unpaired) electrons. The molecule has 0 N–H and O–H groups in total. The summed E-state index contributed by atoms with van der Waals surface area (Å²) in [5.41, 5.74) is 2.08. The first kappa shape index (κ1) is 8.29. The zero-order valence-electron chi connectivity index (χ0n) is 7.78. The number of hydrogen-bond acceptors (Lipinski definition) is 3. The highest BCUT2D eigenvalue weighted by Crippen LogP contribution is 2.32. The van der Waals surface area contributed by atoms with Crippen LogP contribution in [0.3, 0.4) is 0 Å². The van der Waals surface area contributed by atoms with Gasteiger partial charge in [-0.1, -0.05) is 0 Å². The number of rotatable bonds is 1. The van der Waals surface area contributed by atoms with Crippen molar-refractivity contribution in [3.8, 4) is 0 Å². The third-order valence-electron chi connectivity index (χ3n) is 2.47.